The van der Waals surface area contributed by atoms with Gasteiger partial charge < -0.3 is 21.5 Å². The van der Waals surface area contributed by atoms with Crippen LogP contribution in [0.5, 0.6) is 0 Å². The Morgan fingerprint density at radius 1 is 1.19 bits per heavy atom. The third-order valence-corrected chi connectivity index (χ3v) is 5.85. The van der Waals surface area contributed by atoms with E-state index in [0.717, 1.165) is 35.2 Å². The lowest BCUT2D eigenvalue weighted by atomic mass is 9.83. The van der Waals surface area contributed by atoms with Gasteiger partial charge in [-0.2, -0.15) is 5.10 Å². The first-order valence-electron chi connectivity index (χ1n) is 10.4. The minimum absolute atomic E-state index is 0.120. The Balaban J connectivity index is 1.68. The van der Waals surface area contributed by atoms with E-state index in [9.17, 15) is 14.7 Å². The van der Waals surface area contributed by atoms with Crippen LogP contribution in [0.1, 0.15) is 49.9 Å². The molecule has 0 saturated heterocycles. The van der Waals surface area contributed by atoms with Crippen molar-refractivity contribution in [2.75, 3.05) is 10.6 Å². The number of carbonyl (C=O) groups excluding carboxylic acids is 2. The molecule has 1 saturated carbocycles. The highest BCUT2D eigenvalue weighted by Gasteiger charge is 2.29. The molecule has 3 aromatic rings. The maximum Gasteiger partial charge on any atom is 0.252 e. The number of primary amides is 1. The van der Waals surface area contributed by atoms with Crippen molar-refractivity contribution < 1.29 is 14.7 Å². The smallest absolute Gasteiger partial charge is 0.252 e. The van der Waals surface area contributed by atoms with Gasteiger partial charge in [0, 0.05) is 30.4 Å². The number of nitrogens with one attached hydrogen (secondary N) is 2. The van der Waals surface area contributed by atoms with Crippen molar-refractivity contribution in [3.63, 3.8) is 0 Å². The lowest BCUT2D eigenvalue weighted by Gasteiger charge is -2.34. The number of anilines is 2. The highest BCUT2D eigenvalue weighted by atomic mass is 16.3. The Hall–Kier alpha value is -3.39. The Labute approximate surface area is 180 Å². The number of carbonyl (C=O) groups is 2. The summed E-state index contributed by atoms with van der Waals surface area (Å²) in [7, 11) is 0. The summed E-state index contributed by atoms with van der Waals surface area (Å²) < 4.78 is 1.73. The van der Waals surface area contributed by atoms with Crippen molar-refractivity contribution >= 4 is 28.7 Å². The van der Waals surface area contributed by atoms with E-state index >= 15 is 0 Å². The van der Waals surface area contributed by atoms with Crippen LogP contribution >= 0.6 is 0 Å². The zero-order valence-electron chi connectivity index (χ0n) is 17.7. The van der Waals surface area contributed by atoms with Crippen LogP contribution in [0.2, 0.25) is 0 Å². The van der Waals surface area contributed by atoms with Gasteiger partial charge in [0.05, 0.1) is 28.6 Å². The molecular weight excluding hydrogens is 394 g/mol. The summed E-state index contributed by atoms with van der Waals surface area (Å²) in [5, 5.41) is 20.8. The summed E-state index contributed by atoms with van der Waals surface area (Å²) in [6.45, 7) is 3.33. The largest absolute Gasteiger partial charge is 0.390 e. The summed E-state index contributed by atoms with van der Waals surface area (Å²) >= 11 is 0. The van der Waals surface area contributed by atoms with E-state index in [-0.39, 0.29) is 11.9 Å². The number of fused-ring (bicyclic) bond motifs is 1. The fourth-order valence-electron chi connectivity index (χ4n) is 4.09. The highest BCUT2D eigenvalue weighted by molar-refractivity contribution is 6.02. The zero-order valence-corrected chi connectivity index (χ0v) is 17.7. The molecular formula is C23H27N5O3. The first-order chi connectivity index (χ1) is 14.7. The summed E-state index contributed by atoms with van der Waals surface area (Å²) in [5.74, 6) is -0.659. The topological polar surface area (TPSA) is 122 Å². The average Bonchev–Trinajstić information content (AvgIpc) is 3.14. The fraction of sp³-hybridized carbons (Fsp3) is 0.348. The molecule has 162 valence electrons. The predicted molar refractivity (Wildman–Crippen MR) is 120 cm³/mol. The maximum atomic E-state index is 12.1. The van der Waals surface area contributed by atoms with Gasteiger partial charge in [-0.25, -0.2) is 4.52 Å². The lowest BCUT2D eigenvalue weighted by Crippen LogP contribution is -2.36. The van der Waals surface area contributed by atoms with E-state index in [1.807, 2.05) is 43.5 Å². The number of hydrogen-bond acceptors (Lipinski definition) is 5. The molecule has 31 heavy (non-hydrogen) atoms. The van der Waals surface area contributed by atoms with Crippen LogP contribution in [0.4, 0.5) is 11.4 Å². The van der Waals surface area contributed by atoms with Gasteiger partial charge in [-0.3, -0.25) is 9.59 Å². The molecule has 0 aliphatic heterocycles. The molecule has 2 aromatic heterocycles. The molecule has 1 aliphatic carbocycles. The van der Waals surface area contributed by atoms with E-state index in [0.29, 0.717) is 24.1 Å². The van der Waals surface area contributed by atoms with Crippen molar-refractivity contribution in [3.8, 4) is 11.1 Å². The average molecular weight is 422 g/mol. The van der Waals surface area contributed by atoms with Crippen LogP contribution in [-0.2, 0) is 4.79 Å². The number of benzene rings is 1. The Morgan fingerprint density at radius 2 is 1.87 bits per heavy atom. The number of hydrogen-bond donors (Lipinski definition) is 4. The molecule has 0 spiro atoms. The molecule has 0 bridgehead atoms. The number of aliphatic hydroxyl groups is 1. The molecule has 8 nitrogen and oxygen atoms in total. The van der Waals surface area contributed by atoms with E-state index in [1.165, 1.54) is 13.1 Å². The van der Waals surface area contributed by atoms with Gasteiger partial charge in [-0.15, -0.1) is 0 Å². The molecule has 0 atom stereocenters. The van der Waals surface area contributed by atoms with Gasteiger partial charge in [0.25, 0.3) is 5.91 Å². The van der Waals surface area contributed by atoms with Crippen molar-refractivity contribution in [2.24, 2.45) is 5.73 Å². The highest BCUT2D eigenvalue weighted by Crippen LogP contribution is 2.33. The van der Waals surface area contributed by atoms with Gasteiger partial charge in [-0.1, -0.05) is 12.1 Å². The fourth-order valence-corrected chi connectivity index (χ4v) is 4.09. The molecule has 0 unspecified atom stereocenters. The molecule has 1 aromatic carbocycles. The minimum Gasteiger partial charge on any atom is -0.390 e. The molecule has 1 fully saturated rings. The molecule has 4 rings (SSSR count). The van der Waals surface area contributed by atoms with E-state index < -0.39 is 11.5 Å². The van der Waals surface area contributed by atoms with Crippen LogP contribution in [0, 0.1) is 0 Å². The van der Waals surface area contributed by atoms with Gasteiger partial charge in [0.15, 0.2) is 0 Å². The SMILES string of the molecule is CC(=O)Nc1ccc(-c2cc3c(N[C@H]4CC[C@](C)(O)CC4)c(C(N)=O)cnn3c2)cc1. The van der Waals surface area contributed by atoms with Crippen molar-refractivity contribution in [2.45, 2.75) is 51.2 Å². The summed E-state index contributed by atoms with van der Waals surface area (Å²) in [4.78, 5) is 23.3. The first-order valence-corrected chi connectivity index (χ1v) is 10.4. The molecule has 2 amide bonds. The second-order valence-corrected chi connectivity index (χ2v) is 8.53. The minimum atomic E-state index is -0.635. The molecule has 8 heteroatoms. The van der Waals surface area contributed by atoms with E-state index in [2.05, 4.69) is 15.7 Å². The normalized spacial score (nSPS) is 21.1. The van der Waals surface area contributed by atoms with Gasteiger partial charge >= 0.3 is 0 Å². The quantitative estimate of drug-likeness (QED) is 0.504. The molecule has 5 N–H and O–H groups in total. The Morgan fingerprint density at radius 3 is 2.48 bits per heavy atom. The summed E-state index contributed by atoms with van der Waals surface area (Å²) in [6.07, 6.45) is 6.39. The number of nitrogens with zero attached hydrogens (tertiary/aromatic N) is 2. The number of rotatable bonds is 5. The van der Waals surface area contributed by atoms with Crippen LogP contribution in [0.3, 0.4) is 0 Å². The zero-order chi connectivity index (χ0) is 22.2. The van der Waals surface area contributed by atoms with Gasteiger partial charge in [-0.05, 0) is 56.4 Å². The Bertz CT molecular complexity index is 1120. The second kappa shape index (κ2) is 8.03. The second-order valence-electron chi connectivity index (χ2n) is 8.53. The van der Waals surface area contributed by atoms with Crippen molar-refractivity contribution in [1.82, 2.24) is 9.61 Å². The summed E-state index contributed by atoms with van der Waals surface area (Å²) in [5.41, 5.74) is 9.37. The van der Waals surface area contributed by atoms with E-state index in [4.69, 9.17) is 5.73 Å². The van der Waals surface area contributed by atoms with Crippen molar-refractivity contribution in [1.29, 1.82) is 0 Å². The van der Waals surface area contributed by atoms with E-state index in [1.54, 1.807) is 4.52 Å². The predicted octanol–water partition coefficient (Wildman–Crippen LogP) is 3.16. The lowest BCUT2D eigenvalue weighted by molar-refractivity contribution is -0.114. The third kappa shape index (κ3) is 4.54. The van der Waals surface area contributed by atoms with Crippen LogP contribution < -0.4 is 16.4 Å². The van der Waals surface area contributed by atoms with Crippen LogP contribution in [-0.4, -0.2) is 38.2 Å². The monoisotopic (exact) mass is 421 g/mol. The maximum absolute atomic E-state index is 12.1. The number of aromatic nitrogens is 2. The summed E-state index contributed by atoms with van der Waals surface area (Å²) in [6, 6.07) is 9.63. The van der Waals surface area contributed by atoms with Gasteiger partial charge in [0.1, 0.15) is 0 Å². The van der Waals surface area contributed by atoms with Gasteiger partial charge in [0.2, 0.25) is 5.91 Å². The van der Waals surface area contributed by atoms with Crippen LogP contribution in [0.25, 0.3) is 16.6 Å². The molecule has 2 heterocycles. The molecule has 0 radical (unpaired) electrons. The molecule has 1 aliphatic rings. The Kier molecular flexibility index (Phi) is 5.41. The standard InChI is InChI=1S/C23H27N5O3/c1-14(29)26-17-5-3-15(4-6-17)16-11-20-21(19(22(24)30)12-25-28(20)13-16)27-18-7-9-23(2,31)10-8-18/h3-6,11-13,18,27,31H,7-10H2,1-2H3,(H2,24,30)(H,26,29)/t18-,23-. The number of nitrogens with two attached hydrogens (primary N) is 1. The first kappa shape index (κ1) is 20.9. The third-order valence-electron chi connectivity index (χ3n) is 5.85. The number of amides is 2. The van der Waals surface area contributed by atoms with Crippen LogP contribution in [0.15, 0.2) is 42.7 Å². The van der Waals surface area contributed by atoms with Crippen molar-refractivity contribution in [3.05, 3.63) is 48.3 Å².